The third-order valence-electron chi connectivity index (χ3n) is 5.63. The van der Waals surface area contributed by atoms with E-state index in [1.807, 2.05) is 0 Å². The predicted molar refractivity (Wildman–Crippen MR) is 104 cm³/mol. The summed E-state index contributed by atoms with van der Waals surface area (Å²) in [5, 5.41) is 0. The third-order valence-corrected chi connectivity index (χ3v) is 5.63. The monoisotopic (exact) mass is 356 g/mol. The van der Waals surface area contributed by atoms with Crippen molar-refractivity contribution < 1.29 is 4.74 Å². The number of likely N-dealkylation sites (N-methyl/N-ethyl adjacent to an activating group) is 6. The van der Waals surface area contributed by atoms with Gasteiger partial charge in [0.05, 0.1) is 0 Å². The van der Waals surface area contributed by atoms with Gasteiger partial charge in [0.15, 0.2) is 0 Å². The molecule has 2 fully saturated rings. The van der Waals surface area contributed by atoms with E-state index in [1.54, 1.807) is 0 Å². The Hall–Kier alpha value is -0.280. The van der Waals surface area contributed by atoms with E-state index in [-0.39, 0.29) is 12.5 Å². The summed E-state index contributed by atoms with van der Waals surface area (Å²) in [5.41, 5.74) is 0. The van der Waals surface area contributed by atoms with Crippen LogP contribution in [0.2, 0.25) is 0 Å². The van der Waals surface area contributed by atoms with E-state index in [0.29, 0.717) is 0 Å². The second-order valence-electron chi connectivity index (χ2n) is 8.14. The van der Waals surface area contributed by atoms with Crippen molar-refractivity contribution >= 4 is 0 Å². The summed E-state index contributed by atoms with van der Waals surface area (Å²) in [6.07, 6.45) is 0.270. The molecule has 0 aromatic rings. The van der Waals surface area contributed by atoms with E-state index in [2.05, 4.69) is 71.7 Å². The van der Waals surface area contributed by atoms with E-state index in [1.165, 1.54) is 0 Å². The first kappa shape index (κ1) is 21.0. The summed E-state index contributed by atoms with van der Waals surface area (Å²) in [7, 11) is 13.2. The second kappa shape index (κ2) is 10.2. The quantitative estimate of drug-likeness (QED) is 0.644. The average molecular weight is 357 g/mol. The van der Waals surface area contributed by atoms with Gasteiger partial charge < -0.3 is 24.3 Å². The Bertz CT molecular complexity index is 351. The molecule has 0 saturated carbocycles. The summed E-state index contributed by atoms with van der Waals surface area (Å²) < 4.78 is 6.68. The van der Waals surface area contributed by atoms with E-state index >= 15 is 0 Å². The predicted octanol–water partition coefficient (Wildman–Crippen LogP) is -0.727. The number of nitrogens with zero attached hydrogens (tertiary/aromatic N) is 6. The first-order chi connectivity index (χ1) is 11.8. The maximum atomic E-state index is 6.68. The van der Waals surface area contributed by atoms with Crippen LogP contribution in [0.25, 0.3) is 0 Å². The SMILES string of the molecule is CN1CCN(C)CC(OC2CN(C)CCN(C)CCN2C)N(C)CC1. The molecule has 7 nitrogen and oxygen atoms in total. The zero-order valence-electron chi connectivity index (χ0n) is 17.3. The summed E-state index contributed by atoms with van der Waals surface area (Å²) in [6, 6.07) is 0. The van der Waals surface area contributed by atoms with Crippen molar-refractivity contribution in [2.24, 2.45) is 0 Å². The molecular weight excluding hydrogens is 316 g/mol. The number of hydrogen-bond donors (Lipinski definition) is 0. The largest absolute Gasteiger partial charge is 0.342 e. The molecule has 2 unspecified atom stereocenters. The van der Waals surface area contributed by atoms with Gasteiger partial charge in [-0.25, -0.2) is 0 Å². The molecule has 0 N–H and O–H groups in total. The van der Waals surface area contributed by atoms with Gasteiger partial charge in [0, 0.05) is 65.4 Å². The van der Waals surface area contributed by atoms with Gasteiger partial charge in [-0.15, -0.1) is 0 Å². The molecule has 0 radical (unpaired) electrons. The standard InChI is InChI=1S/C18H40N6O/c1-19-7-9-21(3)15-17(23(5)13-11-19)25-18-16-22(4)10-8-20(2)12-14-24(18)6/h17-18H,7-16H2,1-6H3. The van der Waals surface area contributed by atoms with E-state index in [4.69, 9.17) is 4.74 Å². The Morgan fingerprint density at radius 1 is 0.480 bits per heavy atom. The van der Waals surface area contributed by atoms with Gasteiger partial charge in [-0.1, -0.05) is 0 Å². The molecule has 0 spiro atoms. The highest BCUT2D eigenvalue weighted by molar-refractivity contribution is 4.75. The fourth-order valence-corrected chi connectivity index (χ4v) is 3.32. The first-order valence-electron chi connectivity index (χ1n) is 9.65. The molecule has 0 aliphatic carbocycles. The fourth-order valence-electron chi connectivity index (χ4n) is 3.32. The van der Waals surface area contributed by atoms with Gasteiger partial charge in [0.1, 0.15) is 12.5 Å². The Balaban J connectivity index is 2.03. The molecule has 7 heteroatoms. The lowest BCUT2D eigenvalue weighted by molar-refractivity contribution is -0.153. The first-order valence-corrected chi connectivity index (χ1v) is 9.65. The van der Waals surface area contributed by atoms with Gasteiger partial charge >= 0.3 is 0 Å². The van der Waals surface area contributed by atoms with Crippen molar-refractivity contribution in [2.45, 2.75) is 12.5 Å². The lowest BCUT2D eigenvalue weighted by Crippen LogP contribution is -2.51. The van der Waals surface area contributed by atoms with Crippen molar-refractivity contribution in [1.82, 2.24) is 29.4 Å². The minimum atomic E-state index is 0.135. The lowest BCUT2D eigenvalue weighted by Gasteiger charge is -2.37. The van der Waals surface area contributed by atoms with Crippen molar-refractivity contribution in [2.75, 3.05) is 108 Å². The van der Waals surface area contributed by atoms with Crippen LogP contribution in [0.3, 0.4) is 0 Å². The zero-order chi connectivity index (χ0) is 18.4. The Labute approximate surface area is 155 Å². The maximum absolute atomic E-state index is 6.68. The van der Waals surface area contributed by atoms with Gasteiger partial charge in [-0.2, -0.15) is 0 Å². The number of hydrogen-bond acceptors (Lipinski definition) is 7. The van der Waals surface area contributed by atoms with Crippen LogP contribution >= 0.6 is 0 Å². The lowest BCUT2D eigenvalue weighted by atomic mass is 10.3. The molecule has 0 aromatic carbocycles. The van der Waals surface area contributed by atoms with E-state index in [9.17, 15) is 0 Å². The molecule has 2 saturated heterocycles. The molecule has 0 amide bonds. The highest BCUT2D eigenvalue weighted by Crippen LogP contribution is 2.12. The molecule has 0 bridgehead atoms. The van der Waals surface area contributed by atoms with Crippen molar-refractivity contribution in [3.05, 3.63) is 0 Å². The van der Waals surface area contributed by atoms with Crippen LogP contribution in [0, 0.1) is 0 Å². The average Bonchev–Trinajstić information content (AvgIpc) is 2.67. The van der Waals surface area contributed by atoms with Gasteiger partial charge in [-0.3, -0.25) is 9.80 Å². The molecule has 2 aliphatic heterocycles. The molecule has 2 heterocycles. The number of rotatable bonds is 2. The molecule has 2 rings (SSSR count). The maximum Gasteiger partial charge on any atom is 0.125 e. The number of ether oxygens (including phenoxy) is 1. The van der Waals surface area contributed by atoms with Gasteiger partial charge in [0.2, 0.25) is 0 Å². The summed E-state index contributed by atoms with van der Waals surface area (Å²) >= 11 is 0. The fraction of sp³-hybridized carbons (Fsp3) is 1.00. The molecular formula is C18H40N6O. The summed E-state index contributed by atoms with van der Waals surface area (Å²) in [5.74, 6) is 0. The zero-order valence-corrected chi connectivity index (χ0v) is 17.3. The van der Waals surface area contributed by atoms with Crippen molar-refractivity contribution in [3.8, 4) is 0 Å². The third kappa shape index (κ3) is 7.09. The normalized spacial score (nSPS) is 32.4. The van der Waals surface area contributed by atoms with Crippen LogP contribution in [0.1, 0.15) is 0 Å². The molecule has 2 aliphatic rings. The molecule has 25 heavy (non-hydrogen) atoms. The van der Waals surface area contributed by atoms with Crippen LogP contribution in [-0.4, -0.2) is 150 Å². The van der Waals surface area contributed by atoms with Crippen LogP contribution in [0.5, 0.6) is 0 Å². The minimum Gasteiger partial charge on any atom is -0.342 e. The Kier molecular flexibility index (Phi) is 8.54. The smallest absolute Gasteiger partial charge is 0.125 e. The Morgan fingerprint density at radius 3 is 1.20 bits per heavy atom. The topological polar surface area (TPSA) is 28.7 Å². The second-order valence-corrected chi connectivity index (χ2v) is 8.14. The van der Waals surface area contributed by atoms with E-state index in [0.717, 1.165) is 65.4 Å². The molecule has 0 aromatic heterocycles. The van der Waals surface area contributed by atoms with Gasteiger partial charge in [-0.05, 0) is 42.3 Å². The highest BCUT2D eigenvalue weighted by Gasteiger charge is 2.27. The van der Waals surface area contributed by atoms with Crippen LogP contribution < -0.4 is 0 Å². The molecule has 148 valence electrons. The van der Waals surface area contributed by atoms with Crippen LogP contribution in [-0.2, 0) is 4.74 Å². The van der Waals surface area contributed by atoms with Crippen molar-refractivity contribution in [3.63, 3.8) is 0 Å². The highest BCUT2D eigenvalue weighted by atomic mass is 16.5. The summed E-state index contributed by atoms with van der Waals surface area (Å²) in [6.45, 7) is 10.6. The van der Waals surface area contributed by atoms with Crippen LogP contribution in [0.15, 0.2) is 0 Å². The molecule has 2 atom stereocenters. The summed E-state index contributed by atoms with van der Waals surface area (Å²) in [4.78, 5) is 14.4. The van der Waals surface area contributed by atoms with Crippen LogP contribution in [0.4, 0.5) is 0 Å². The minimum absolute atomic E-state index is 0.135. The van der Waals surface area contributed by atoms with E-state index < -0.39 is 0 Å². The Morgan fingerprint density at radius 2 is 0.800 bits per heavy atom. The van der Waals surface area contributed by atoms with Crippen molar-refractivity contribution in [1.29, 1.82) is 0 Å². The van der Waals surface area contributed by atoms with Gasteiger partial charge in [0.25, 0.3) is 0 Å².